The summed E-state index contributed by atoms with van der Waals surface area (Å²) in [6.45, 7) is 14.7. The van der Waals surface area contributed by atoms with E-state index in [0.717, 1.165) is 76.2 Å². The van der Waals surface area contributed by atoms with Gasteiger partial charge >= 0.3 is 82.0 Å². The summed E-state index contributed by atoms with van der Waals surface area (Å²) in [7, 11) is 0. The second kappa shape index (κ2) is 25.7. The molecular weight excluding hydrogens is 999 g/mol. The Labute approximate surface area is 480 Å². The van der Waals surface area contributed by atoms with Crippen LogP contribution in [0.1, 0.15) is 72.2 Å². The monoisotopic (exact) mass is 1050 g/mol. The average molecular weight is 1050 g/mol. The first-order chi connectivity index (χ1) is 35.1. The van der Waals surface area contributed by atoms with E-state index in [1.165, 1.54) is 27.7 Å². The van der Waals surface area contributed by atoms with Crippen LogP contribution >= 0.6 is 0 Å². The Hall–Kier alpha value is -7.06. The number of carbonyl (C=O) groups excluding carboxylic acids is 2. The summed E-state index contributed by atoms with van der Waals surface area (Å²) in [5.41, 5.74) is 7.63. The van der Waals surface area contributed by atoms with Crippen LogP contribution < -0.4 is 111 Å². The molecule has 0 radical (unpaired) electrons. The van der Waals surface area contributed by atoms with Crippen molar-refractivity contribution in [3.05, 3.63) is 208 Å². The number of nitrogens with one attached hydrogen (secondary N) is 2. The van der Waals surface area contributed by atoms with E-state index in [2.05, 4.69) is 0 Å². The second-order valence-corrected chi connectivity index (χ2v) is 18.5. The number of H-pyrrole nitrogens is 2. The van der Waals surface area contributed by atoms with Crippen molar-refractivity contribution in [3.63, 3.8) is 0 Å². The van der Waals surface area contributed by atoms with E-state index in [-0.39, 0.29) is 72.2 Å². The molecule has 0 saturated carbocycles. The largest absolute Gasteiger partial charge is 1.00 e. The summed E-state index contributed by atoms with van der Waals surface area (Å²) in [6, 6.07) is 37.3. The van der Waals surface area contributed by atoms with Crippen molar-refractivity contribution in [2.75, 3.05) is 0 Å². The Morgan fingerprint density at radius 1 is 0.500 bits per heavy atom. The number of benzene rings is 6. The quantitative estimate of drug-likeness (QED) is 0.107. The predicted molar refractivity (Wildman–Crippen MR) is 269 cm³/mol. The molecule has 0 atom stereocenters. The first-order valence-electron chi connectivity index (χ1n) is 23.3. The molecule has 6 aromatic carbocycles. The van der Waals surface area contributed by atoms with E-state index in [0.29, 0.717) is 36.2 Å². The molecule has 0 aliphatic heterocycles. The van der Waals surface area contributed by atoms with E-state index in [1.807, 2.05) is 98.3 Å². The zero-order chi connectivity index (χ0) is 53.5. The van der Waals surface area contributed by atoms with E-state index in [9.17, 15) is 39.0 Å². The molecule has 0 saturated heterocycles. The van der Waals surface area contributed by atoms with Crippen LogP contribution in [0.3, 0.4) is 0 Å². The van der Waals surface area contributed by atoms with Gasteiger partial charge in [0.25, 0.3) is 0 Å². The van der Waals surface area contributed by atoms with Crippen molar-refractivity contribution in [1.29, 1.82) is 0 Å². The van der Waals surface area contributed by atoms with Gasteiger partial charge in [-0.15, -0.1) is 9.48 Å². The van der Waals surface area contributed by atoms with Gasteiger partial charge < -0.3 is 47.8 Å². The van der Waals surface area contributed by atoms with Gasteiger partial charge in [-0.3, -0.25) is 0 Å². The number of hydrogen-bond acceptors (Lipinski definition) is 14. The van der Waals surface area contributed by atoms with Crippen molar-refractivity contribution in [1.82, 2.24) is 19.4 Å². The van der Waals surface area contributed by atoms with Crippen molar-refractivity contribution in [2.45, 2.75) is 92.9 Å². The predicted octanol–water partition coefficient (Wildman–Crippen LogP) is -0.0959. The van der Waals surface area contributed by atoms with Crippen molar-refractivity contribution < 1.29 is 107 Å². The minimum atomic E-state index is -1.44. The topological polar surface area (TPSA) is 253 Å². The summed E-state index contributed by atoms with van der Waals surface area (Å²) in [5, 5.41) is 22.5. The number of rotatable bonds is 18. The Morgan fingerprint density at radius 2 is 0.842 bits per heavy atom. The molecule has 18 nitrogen and oxygen atoms in total. The maximum absolute atomic E-state index is 11.6. The molecule has 2 aromatic heterocycles. The number of hydrogen-bond donors (Lipinski definition) is 2. The molecule has 0 aliphatic carbocycles. The van der Waals surface area contributed by atoms with E-state index >= 15 is 0 Å². The molecular formula is C56H54N4Na2O14. The van der Waals surface area contributed by atoms with Gasteiger partial charge in [0.15, 0.2) is 0 Å². The molecule has 0 fully saturated rings. The van der Waals surface area contributed by atoms with Crippen molar-refractivity contribution in [3.8, 4) is 45.3 Å². The van der Waals surface area contributed by atoms with E-state index in [1.54, 1.807) is 60.7 Å². The Kier molecular flexibility index (Phi) is 20.2. The van der Waals surface area contributed by atoms with Crippen molar-refractivity contribution in [2.24, 2.45) is 0 Å². The zero-order valence-electron chi connectivity index (χ0n) is 44.0. The van der Waals surface area contributed by atoms with E-state index < -0.39 is 46.0 Å². The third-order valence-corrected chi connectivity index (χ3v) is 12.1. The Bertz CT molecular complexity index is 3330. The van der Waals surface area contributed by atoms with Gasteiger partial charge in [0, 0.05) is 0 Å². The number of aliphatic carboxylic acids is 2. The number of carboxylic acids is 2. The van der Waals surface area contributed by atoms with Crippen LogP contribution in [-0.2, 0) is 35.9 Å². The van der Waals surface area contributed by atoms with Crippen LogP contribution in [0.15, 0.2) is 150 Å². The zero-order valence-corrected chi connectivity index (χ0v) is 48.0. The molecule has 0 unspecified atom stereocenters. The van der Waals surface area contributed by atoms with Crippen LogP contribution in [0.2, 0.25) is 0 Å². The third-order valence-electron chi connectivity index (χ3n) is 12.1. The minimum absolute atomic E-state index is 0. The second-order valence-electron chi connectivity index (χ2n) is 18.5. The number of nitrogens with zero attached hydrogens (tertiary/aromatic N) is 2. The fourth-order valence-corrected chi connectivity index (χ4v) is 7.81. The fraction of sp³-hybridized carbons (Fsp3) is 0.250. The maximum Gasteiger partial charge on any atom is 1.00 e. The molecule has 0 amide bonds. The van der Waals surface area contributed by atoms with Gasteiger partial charge in [0.05, 0.1) is 25.0 Å². The van der Waals surface area contributed by atoms with Gasteiger partial charge in [-0.1, -0.05) is 72.8 Å². The molecule has 2 N–H and O–H groups in total. The normalized spacial score (nSPS) is 11.1. The Balaban J connectivity index is 0.000000274. The summed E-state index contributed by atoms with van der Waals surface area (Å²) < 4.78 is 34.7. The number of aromatic amines is 2. The fourth-order valence-electron chi connectivity index (χ4n) is 7.81. The molecule has 8 rings (SSSR count). The van der Waals surface area contributed by atoms with Crippen LogP contribution in [-0.4, -0.2) is 42.6 Å². The minimum Gasteiger partial charge on any atom is -0.546 e. The van der Waals surface area contributed by atoms with Gasteiger partial charge in [0.2, 0.25) is 0 Å². The van der Waals surface area contributed by atoms with Crippen LogP contribution in [0.4, 0.5) is 0 Å². The molecule has 2 heterocycles. The molecule has 0 aliphatic rings. The summed E-state index contributed by atoms with van der Waals surface area (Å²) >= 11 is 0. The third kappa shape index (κ3) is 15.1. The summed E-state index contributed by atoms with van der Waals surface area (Å²) in [5.74, 6) is -1.91. The van der Waals surface area contributed by atoms with Gasteiger partial charge in [-0.05, 0) is 171 Å². The number of ether oxygens (including phenoxy) is 4. The van der Waals surface area contributed by atoms with Crippen LogP contribution in [0.5, 0.6) is 23.0 Å². The van der Waals surface area contributed by atoms with Crippen LogP contribution in [0, 0.1) is 27.7 Å². The summed E-state index contributed by atoms with van der Waals surface area (Å²) in [6.07, 6.45) is 0. The first-order valence-corrected chi connectivity index (χ1v) is 23.3. The van der Waals surface area contributed by atoms with Gasteiger partial charge in [-0.25, -0.2) is 29.1 Å². The summed E-state index contributed by atoms with van der Waals surface area (Å²) in [4.78, 5) is 72.1. The number of aryl methyl sites for hydroxylation is 2. The first kappa shape index (κ1) is 59.8. The SMILES string of the molecule is Cc1cc(OC(C)(C)C(=O)[O-])ccc1-c1cccc(COc2ccc(Cn3oc(=O)[nH]c3=O)cc2)c1C.Cc1cc(OC(C)(C)C(=O)[O-])ccc1-c1cccc(COc2ccc(Cn3oc(=O)[nH]c3=O)cc2)c1C.[Na+].[Na+]. The van der Waals surface area contributed by atoms with Crippen molar-refractivity contribution >= 4 is 11.9 Å². The van der Waals surface area contributed by atoms with Gasteiger partial charge in [0.1, 0.15) is 47.4 Å². The standard InChI is InChI=1S/2C28H28N2O7.2Na/c2*1-17-14-22(36-28(3,4)25(31)32)12-13-23(17)24-7-5-6-20(18(24)2)16-35-21-10-8-19(9-11-21)15-30-26(33)29-27(34)37-30;;/h2*5-14H,15-16H2,1-4H3,(H,31,32)(H,29,33,34);;/q;;2*+1/p-2. The molecule has 0 spiro atoms. The average Bonchev–Trinajstić information content (AvgIpc) is 3.84. The Morgan fingerprint density at radius 3 is 1.14 bits per heavy atom. The molecule has 0 bridgehead atoms. The molecule has 8 aromatic rings. The van der Waals surface area contributed by atoms with Gasteiger partial charge in [-0.2, -0.15) is 0 Å². The molecule has 76 heavy (non-hydrogen) atoms. The van der Waals surface area contributed by atoms with E-state index in [4.69, 9.17) is 28.0 Å². The number of aromatic nitrogens is 4. The number of carboxylic acid groups (broad SMARTS) is 2. The van der Waals surface area contributed by atoms with Crippen LogP contribution in [0.25, 0.3) is 22.3 Å². The molecule has 384 valence electrons. The smallest absolute Gasteiger partial charge is 0.546 e. The maximum atomic E-state index is 11.6. The number of carbonyl (C=O) groups is 2. The molecule has 20 heteroatoms.